The molecule has 0 fully saturated rings. The molecule has 228 valence electrons. The maximum Gasteiger partial charge on any atom is 0.309 e. The molecule has 1 atom stereocenters. The summed E-state index contributed by atoms with van der Waals surface area (Å²) in [4.78, 5) is 23.0. The Morgan fingerprint density at radius 1 is 0.641 bits per heavy atom. The Labute approximate surface area is 242 Å². The minimum Gasteiger partial charge on any atom is -0.481 e. The van der Waals surface area contributed by atoms with Crippen molar-refractivity contribution in [3.8, 4) is 0 Å². The van der Waals surface area contributed by atoms with Gasteiger partial charge in [-0.3, -0.25) is 9.59 Å². The summed E-state index contributed by atoms with van der Waals surface area (Å²) in [5.41, 5.74) is 0. The molecule has 0 radical (unpaired) electrons. The highest BCUT2D eigenvalue weighted by molar-refractivity contribution is 5.79. The van der Waals surface area contributed by atoms with Gasteiger partial charge in [-0.2, -0.15) is 0 Å². The minimum atomic E-state index is -0.957. The van der Waals surface area contributed by atoms with Crippen LogP contribution in [0.1, 0.15) is 174 Å². The molecule has 0 aliphatic carbocycles. The number of carbonyl (C=O) groups excluding carboxylic acids is 1. The molecule has 4 nitrogen and oxygen atoms in total. The SMILES string of the molecule is C=CCOC(=O)C(CCC/C=C/CCCCCCCCCCCCCCCCCCCCCCC)CC(=O)O. The minimum absolute atomic E-state index is 0.133. The van der Waals surface area contributed by atoms with Crippen molar-refractivity contribution in [2.24, 2.45) is 5.92 Å². The van der Waals surface area contributed by atoms with Gasteiger partial charge < -0.3 is 9.84 Å². The average molecular weight is 549 g/mol. The molecule has 0 spiro atoms. The average Bonchev–Trinajstić information content (AvgIpc) is 2.92. The lowest BCUT2D eigenvalue weighted by Crippen LogP contribution is -2.21. The molecule has 39 heavy (non-hydrogen) atoms. The van der Waals surface area contributed by atoms with Crippen LogP contribution in [0.2, 0.25) is 0 Å². The van der Waals surface area contributed by atoms with Gasteiger partial charge in [0.25, 0.3) is 0 Å². The second-order valence-corrected chi connectivity index (χ2v) is 11.5. The third kappa shape index (κ3) is 29.2. The Hall–Kier alpha value is -1.58. The number of carbonyl (C=O) groups is 2. The van der Waals surface area contributed by atoms with Crippen LogP contribution in [0.4, 0.5) is 0 Å². The van der Waals surface area contributed by atoms with E-state index in [1.807, 2.05) is 0 Å². The standard InChI is InChI=1S/C35H64O4/c1-3-5-6-7-8-9-10-11-12-13-14-15-16-17-18-19-20-21-22-23-24-25-26-27-28-29-30-33(32-34(36)37)35(38)39-31-4-2/h4,26-27,33H,2-3,5-25,28-32H2,1H3,(H,36,37)/b27-26+. The largest absolute Gasteiger partial charge is 0.481 e. The van der Waals surface area contributed by atoms with Gasteiger partial charge in [0.15, 0.2) is 0 Å². The Bertz CT molecular complexity index is 583. The van der Waals surface area contributed by atoms with Crippen molar-refractivity contribution in [2.75, 3.05) is 6.61 Å². The summed E-state index contributed by atoms with van der Waals surface area (Å²) in [6, 6.07) is 0. The van der Waals surface area contributed by atoms with Crippen LogP contribution in [0.15, 0.2) is 24.8 Å². The lowest BCUT2D eigenvalue weighted by Gasteiger charge is -2.12. The summed E-state index contributed by atoms with van der Waals surface area (Å²) in [6.45, 7) is 5.94. The lowest BCUT2D eigenvalue weighted by molar-refractivity contribution is -0.152. The van der Waals surface area contributed by atoms with Gasteiger partial charge in [-0.25, -0.2) is 0 Å². The highest BCUT2D eigenvalue weighted by Gasteiger charge is 2.22. The van der Waals surface area contributed by atoms with E-state index in [9.17, 15) is 9.59 Å². The third-order valence-electron chi connectivity index (χ3n) is 7.66. The first-order valence-corrected chi connectivity index (χ1v) is 16.8. The second kappa shape index (κ2) is 31.0. The lowest BCUT2D eigenvalue weighted by atomic mass is 9.98. The van der Waals surface area contributed by atoms with Crippen LogP contribution in [0.5, 0.6) is 0 Å². The molecule has 0 aromatic heterocycles. The van der Waals surface area contributed by atoms with E-state index in [-0.39, 0.29) is 13.0 Å². The zero-order valence-electron chi connectivity index (χ0n) is 25.8. The van der Waals surface area contributed by atoms with Crippen molar-refractivity contribution < 1.29 is 19.4 Å². The maximum atomic E-state index is 12.0. The fourth-order valence-corrected chi connectivity index (χ4v) is 5.18. The summed E-state index contributed by atoms with van der Waals surface area (Å²) in [6.07, 6.45) is 38.7. The second-order valence-electron chi connectivity index (χ2n) is 11.5. The number of hydrogen-bond donors (Lipinski definition) is 1. The van der Waals surface area contributed by atoms with Gasteiger partial charge in [0, 0.05) is 0 Å². The summed E-state index contributed by atoms with van der Waals surface area (Å²) in [5, 5.41) is 9.01. The van der Waals surface area contributed by atoms with Crippen molar-refractivity contribution in [1.29, 1.82) is 0 Å². The van der Waals surface area contributed by atoms with E-state index < -0.39 is 17.9 Å². The van der Waals surface area contributed by atoms with E-state index in [1.165, 1.54) is 141 Å². The van der Waals surface area contributed by atoms with Gasteiger partial charge >= 0.3 is 11.9 Å². The third-order valence-corrected chi connectivity index (χ3v) is 7.66. The normalized spacial score (nSPS) is 12.1. The monoisotopic (exact) mass is 548 g/mol. The van der Waals surface area contributed by atoms with E-state index in [0.29, 0.717) is 6.42 Å². The fourth-order valence-electron chi connectivity index (χ4n) is 5.18. The zero-order valence-corrected chi connectivity index (χ0v) is 25.8. The van der Waals surface area contributed by atoms with E-state index >= 15 is 0 Å². The van der Waals surface area contributed by atoms with E-state index in [0.717, 1.165) is 19.3 Å². The number of allylic oxidation sites excluding steroid dienone is 2. The first-order chi connectivity index (χ1) is 19.1. The molecule has 0 amide bonds. The van der Waals surface area contributed by atoms with Crippen LogP contribution in [0, 0.1) is 5.92 Å². The fraction of sp³-hybridized carbons (Fsp3) is 0.829. The smallest absolute Gasteiger partial charge is 0.309 e. The van der Waals surface area contributed by atoms with Gasteiger partial charge in [-0.15, -0.1) is 0 Å². The van der Waals surface area contributed by atoms with Crippen molar-refractivity contribution in [3.63, 3.8) is 0 Å². The topological polar surface area (TPSA) is 63.6 Å². The van der Waals surface area contributed by atoms with Gasteiger partial charge in [-0.05, 0) is 32.1 Å². The van der Waals surface area contributed by atoms with Crippen molar-refractivity contribution in [2.45, 2.75) is 174 Å². The number of carboxylic acids is 1. The van der Waals surface area contributed by atoms with Gasteiger partial charge in [-0.1, -0.05) is 160 Å². The van der Waals surface area contributed by atoms with Gasteiger partial charge in [0.05, 0.1) is 12.3 Å². The predicted octanol–water partition coefficient (Wildman–Crippen LogP) is 11.1. The van der Waals surface area contributed by atoms with Crippen LogP contribution in [0.25, 0.3) is 0 Å². The van der Waals surface area contributed by atoms with Crippen LogP contribution in [-0.2, 0) is 14.3 Å². The van der Waals surface area contributed by atoms with E-state index in [4.69, 9.17) is 9.84 Å². The highest BCUT2D eigenvalue weighted by Crippen LogP contribution is 2.17. The maximum absolute atomic E-state index is 12.0. The van der Waals surface area contributed by atoms with Crippen LogP contribution in [0.3, 0.4) is 0 Å². The van der Waals surface area contributed by atoms with Gasteiger partial charge in [0.2, 0.25) is 0 Å². The molecule has 1 N–H and O–H groups in total. The molecule has 0 aliphatic rings. The van der Waals surface area contributed by atoms with E-state index in [2.05, 4.69) is 25.7 Å². The first kappa shape index (κ1) is 37.4. The molecule has 0 aromatic carbocycles. The number of unbranched alkanes of at least 4 members (excludes halogenated alkanes) is 22. The van der Waals surface area contributed by atoms with Crippen molar-refractivity contribution in [3.05, 3.63) is 24.8 Å². The predicted molar refractivity (Wildman–Crippen MR) is 167 cm³/mol. The van der Waals surface area contributed by atoms with Crippen molar-refractivity contribution >= 4 is 11.9 Å². The summed E-state index contributed by atoms with van der Waals surface area (Å²) < 4.78 is 5.03. The number of hydrogen-bond acceptors (Lipinski definition) is 3. The van der Waals surface area contributed by atoms with Crippen LogP contribution < -0.4 is 0 Å². The summed E-state index contributed by atoms with van der Waals surface area (Å²) >= 11 is 0. The number of ether oxygens (including phenoxy) is 1. The van der Waals surface area contributed by atoms with Crippen LogP contribution >= 0.6 is 0 Å². The molecule has 0 bridgehead atoms. The molecule has 0 aromatic rings. The molecule has 0 saturated heterocycles. The Balaban J connectivity index is 3.37. The molecule has 1 unspecified atom stereocenters. The molecular formula is C35H64O4. The summed E-state index contributed by atoms with van der Waals surface area (Å²) in [7, 11) is 0. The quantitative estimate of drug-likeness (QED) is 0.0531. The number of aliphatic carboxylic acids is 1. The summed E-state index contributed by atoms with van der Waals surface area (Å²) in [5.74, 6) is -1.95. The Kier molecular flexibility index (Phi) is 29.7. The molecule has 0 saturated carbocycles. The Morgan fingerprint density at radius 2 is 1.03 bits per heavy atom. The number of carboxylic acid groups (broad SMARTS) is 1. The molecule has 0 aliphatic heterocycles. The number of esters is 1. The molecular weight excluding hydrogens is 484 g/mol. The molecule has 0 rings (SSSR count). The van der Waals surface area contributed by atoms with Crippen LogP contribution in [-0.4, -0.2) is 23.7 Å². The van der Waals surface area contributed by atoms with Crippen molar-refractivity contribution in [1.82, 2.24) is 0 Å². The highest BCUT2D eigenvalue weighted by atomic mass is 16.5. The first-order valence-electron chi connectivity index (χ1n) is 16.8. The molecule has 4 heteroatoms. The number of rotatable bonds is 31. The molecule has 0 heterocycles. The zero-order chi connectivity index (χ0) is 28.7. The Morgan fingerprint density at radius 3 is 1.41 bits per heavy atom. The van der Waals surface area contributed by atoms with Gasteiger partial charge in [0.1, 0.15) is 6.61 Å². The van der Waals surface area contributed by atoms with E-state index in [1.54, 1.807) is 0 Å².